The van der Waals surface area contributed by atoms with Gasteiger partial charge in [-0.2, -0.15) is 0 Å². The molecule has 0 amide bonds. The number of aryl methyl sites for hydroxylation is 1. The first-order valence-electron chi connectivity index (χ1n) is 6.39. The van der Waals surface area contributed by atoms with Crippen LogP contribution in [0.5, 0.6) is 0 Å². The molecule has 3 nitrogen and oxygen atoms in total. The average molecular weight is 223 g/mol. The topological polar surface area (TPSA) is 29.9 Å². The fraction of sp³-hybridized carbons (Fsp3) is 0.769. The molecule has 0 radical (unpaired) electrons. The molecule has 0 aliphatic heterocycles. The van der Waals surface area contributed by atoms with Gasteiger partial charge in [0.05, 0.1) is 5.69 Å². The van der Waals surface area contributed by atoms with Crippen LogP contribution in [0.3, 0.4) is 0 Å². The predicted molar refractivity (Wildman–Crippen MR) is 69.9 cm³/mol. The maximum atomic E-state index is 4.55. The number of anilines is 1. The van der Waals surface area contributed by atoms with E-state index in [9.17, 15) is 0 Å². The summed E-state index contributed by atoms with van der Waals surface area (Å²) in [7, 11) is 0. The Balaban J connectivity index is 2.91. The molecule has 92 valence electrons. The molecule has 0 saturated heterocycles. The zero-order valence-corrected chi connectivity index (χ0v) is 11.2. The minimum atomic E-state index is 0.542. The smallest absolute Gasteiger partial charge is 0.203 e. The molecule has 0 aromatic carbocycles. The molecule has 1 N–H and O–H groups in total. The molecule has 3 heteroatoms. The van der Waals surface area contributed by atoms with Gasteiger partial charge < -0.3 is 9.88 Å². The highest BCUT2D eigenvalue weighted by atomic mass is 15.2. The number of aromatic nitrogens is 2. The van der Waals surface area contributed by atoms with E-state index in [2.05, 4.69) is 55.7 Å². The molecular formula is C13H25N3. The van der Waals surface area contributed by atoms with Gasteiger partial charge in [0.2, 0.25) is 5.95 Å². The second-order valence-electron chi connectivity index (χ2n) is 4.76. The van der Waals surface area contributed by atoms with Gasteiger partial charge in [-0.05, 0) is 25.7 Å². The van der Waals surface area contributed by atoms with Crippen molar-refractivity contribution in [3.05, 3.63) is 11.9 Å². The van der Waals surface area contributed by atoms with Crippen molar-refractivity contribution in [3.8, 4) is 0 Å². The van der Waals surface area contributed by atoms with Gasteiger partial charge >= 0.3 is 0 Å². The molecule has 16 heavy (non-hydrogen) atoms. The van der Waals surface area contributed by atoms with Crippen molar-refractivity contribution >= 4 is 5.95 Å². The third-order valence-corrected chi connectivity index (χ3v) is 2.93. The fourth-order valence-electron chi connectivity index (χ4n) is 2.13. The summed E-state index contributed by atoms with van der Waals surface area (Å²) in [6.07, 6.45) is 4.44. The van der Waals surface area contributed by atoms with Crippen LogP contribution >= 0.6 is 0 Å². The first-order chi connectivity index (χ1) is 7.60. The summed E-state index contributed by atoms with van der Waals surface area (Å²) in [6, 6.07) is 0.542. The number of nitrogens with one attached hydrogen (secondary N) is 1. The molecule has 1 rings (SSSR count). The molecule has 0 aliphatic rings. The molecular weight excluding hydrogens is 198 g/mol. The van der Waals surface area contributed by atoms with Crippen LogP contribution in [0.1, 0.15) is 52.3 Å². The lowest BCUT2D eigenvalue weighted by atomic mass is 10.0. The van der Waals surface area contributed by atoms with Crippen molar-refractivity contribution in [2.45, 2.75) is 53.5 Å². The van der Waals surface area contributed by atoms with E-state index in [1.165, 1.54) is 0 Å². The molecule has 0 aliphatic carbocycles. The summed E-state index contributed by atoms with van der Waals surface area (Å²) in [4.78, 5) is 4.55. The molecule has 1 atom stereocenters. The van der Waals surface area contributed by atoms with E-state index in [4.69, 9.17) is 0 Å². The number of rotatable bonds is 6. The van der Waals surface area contributed by atoms with E-state index in [0.29, 0.717) is 12.0 Å². The van der Waals surface area contributed by atoms with Crippen molar-refractivity contribution in [1.29, 1.82) is 0 Å². The van der Waals surface area contributed by atoms with Crippen molar-refractivity contribution in [2.75, 3.05) is 11.9 Å². The zero-order chi connectivity index (χ0) is 12.1. The van der Waals surface area contributed by atoms with Gasteiger partial charge in [-0.15, -0.1) is 0 Å². The summed E-state index contributed by atoms with van der Waals surface area (Å²) >= 11 is 0. The van der Waals surface area contributed by atoms with Crippen LogP contribution in [0.15, 0.2) is 6.20 Å². The lowest BCUT2D eigenvalue weighted by molar-refractivity contribution is 0.368. The van der Waals surface area contributed by atoms with Crippen molar-refractivity contribution < 1.29 is 0 Å². The molecule has 1 heterocycles. The minimum absolute atomic E-state index is 0.542. The fourth-order valence-corrected chi connectivity index (χ4v) is 2.13. The highest BCUT2D eigenvalue weighted by Gasteiger charge is 2.17. The monoisotopic (exact) mass is 223 g/mol. The Morgan fingerprint density at radius 2 is 2.06 bits per heavy atom. The SMILES string of the molecule is CCCNc1nc(C)cn1C(CC)C(C)C. The quantitative estimate of drug-likeness (QED) is 0.798. The van der Waals surface area contributed by atoms with Crippen LogP contribution < -0.4 is 5.32 Å². The first-order valence-corrected chi connectivity index (χ1v) is 6.39. The van der Waals surface area contributed by atoms with Gasteiger partial charge in [-0.3, -0.25) is 0 Å². The number of hydrogen-bond donors (Lipinski definition) is 1. The van der Waals surface area contributed by atoms with Crippen molar-refractivity contribution in [3.63, 3.8) is 0 Å². The van der Waals surface area contributed by atoms with E-state index in [0.717, 1.165) is 31.0 Å². The average Bonchev–Trinajstić information content (AvgIpc) is 2.57. The van der Waals surface area contributed by atoms with E-state index < -0.39 is 0 Å². The number of imidazole rings is 1. The Morgan fingerprint density at radius 1 is 1.38 bits per heavy atom. The van der Waals surface area contributed by atoms with E-state index in [-0.39, 0.29) is 0 Å². The zero-order valence-electron chi connectivity index (χ0n) is 11.2. The standard InChI is InChI=1S/C13H25N3/c1-6-8-14-13-15-11(5)9-16(13)12(7-2)10(3)4/h9-10,12H,6-8H2,1-5H3,(H,14,15). The molecule has 1 aromatic rings. The van der Waals surface area contributed by atoms with Gasteiger partial charge in [0.25, 0.3) is 0 Å². The highest BCUT2D eigenvalue weighted by molar-refractivity contribution is 5.29. The second kappa shape index (κ2) is 5.92. The maximum Gasteiger partial charge on any atom is 0.203 e. The highest BCUT2D eigenvalue weighted by Crippen LogP contribution is 2.25. The minimum Gasteiger partial charge on any atom is -0.356 e. The predicted octanol–water partition coefficient (Wildman–Crippen LogP) is 3.62. The first kappa shape index (κ1) is 13.1. The Labute approximate surface area is 99.3 Å². The number of nitrogens with zero attached hydrogens (tertiary/aromatic N) is 2. The maximum absolute atomic E-state index is 4.55. The van der Waals surface area contributed by atoms with Crippen molar-refractivity contribution in [1.82, 2.24) is 9.55 Å². The molecule has 0 spiro atoms. The van der Waals surface area contributed by atoms with Crippen LogP contribution in [0.2, 0.25) is 0 Å². The molecule has 0 fully saturated rings. The molecule has 1 aromatic heterocycles. The second-order valence-corrected chi connectivity index (χ2v) is 4.76. The lowest BCUT2D eigenvalue weighted by Gasteiger charge is -2.23. The Morgan fingerprint density at radius 3 is 2.56 bits per heavy atom. The Bertz CT molecular complexity index is 315. The molecule has 1 unspecified atom stereocenters. The van der Waals surface area contributed by atoms with E-state index in [1.807, 2.05) is 0 Å². The Kier molecular flexibility index (Phi) is 4.84. The largest absolute Gasteiger partial charge is 0.356 e. The van der Waals surface area contributed by atoms with Crippen LogP contribution in [0, 0.1) is 12.8 Å². The van der Waals surface area contributed by atoms with Gasteiger partial charge in [0.15, 0.2) is 0 Å². The van der Waals surface area contributed by atoms with Crippen LogP contribution in [0.4, 0.5) is 5.95 Å². The van der Waals surface area contributed by atoms with Crippen LogP contribution in [0.25, 0.3) is 0 Å². The summed E-state index contributed by atoms with van der Waals surface area (Å²) in [5.74, 6) is 1.67. The summed E-state index contributed by atoms with van der Waals surface area (Å²) in [6.45, 7) is 12.0. The van der Waals surface area contributed by atoms with Crippen LogP contribution in [-0.2, 0) is 0 Å². The molecule has 0 saturated carbocycles. The van der Waals surface area contributed by atoms with Crippen molar-refractivity contribution in [2.24, 2.45) is 5.92 Å². The third kappa shape index (κ3) is 3.00. The van der Waals surface area contributed by atoms with Gasteiger partial charge in [0, 0.05) is 18.8 Å². The van der Waals surface area contributed by atoms with Crippen LogP contribution in [-0.4, -0.2) is 16.1 Å². The van der Waals surface area contributed by atoms with E-state index in [1.54, 1.807) is 0 Å². The third-order valence-electron chi connectivity index (χ3n) is 2.93. The van der Waals surface area contributed by atoms with Gasteiger partial charge in [-0.25, -0.2) is 4.98 Å². The summed E-state index contributed by atoms with van der Waals surface area (Å²) in [5, 5.41) is 3.41. The number of hydrogen-bond acceptors (Lipinski definition) is 2. The van der Waals surface area contributed by atoms with E-state index >= 15 is 0 Å². The Hall–Kier alpha value is -0.990. The normalized spacial score (nSPS) is 13.1. The van der Waals surface area contributed by atoms with Gasteiger partial charge in [0.1, 0.15) is 0 Å². The molecule has 0 bridgehead atoms. The summed E-state index contributed by atoms with van der Waals surface area (Å²) in [5.41, 5.74) is 1.10. The summed E-state index contributed by atoms with van der Waals surface area (Å²) < 4.78 is 2.30. The van der Waals surface area contributed by atoms with Gasteiger partial charge in [-0.1, -0.05) is 27.7 Å². The lowest BCUT2D eigenvalue weighted by Crippen LogP contribution is -2.17.